The molecule has 0 spiro atoms. The van der Waals surface area contributed by atoms with Crippen molar-refractivity contribution in [2.75, 3.05) is 0 Å². The number of hydrogen-bond acceptors (Lipinski definition) is 4. The molecule has 108 valence electrons. The summed E-state index contributed by atoms with van der Waals surface area (Å²) < 4.78 is 1.49. The van der Waals surface area contributed by atoms with E-state index in [1.54, 1.807) is 7.05 Å². The van der Waals surface area contributed by atoms with E-state index in [0.29, 0.717) is 17.6 Å². The zero-order chi connectivity index (χ0) is 15.0. The Bertz CT molecular complexity index is 750. The maximum atomic E-state index is 12.4. The Labute approximate surface area is 120 Å². The van der Waals surface area contributed by atoms with E-state index in [1.807, 2.05) is 24.3 Å². The van der Waals surface area contributed by atoms with Crippen LogP contribution >= 0.6 is 0 Å². The highest BCUT2D eigenvalue weighted by Crippen LogP contribution is 2.17. The van der Waals surface area contributed by atoms with Crippen molar-refractivity contribution in [3.63, 3.8) is 0 Å². The van der Waals surface area contributed by atoms with Crippen molar-refractivity contribution in [3.05, 3.63) is 30.0 Å². The summed E-state index contributed by atoms with van der Waals surface area (Å²) in [5.74, 6) is -1.15. The summed E-state index contributed by atoms with van der Waals surface area (Å²) in [6.07, 6.45) is 0.537. The van der Waals surface area contributed by atoms with Crippen LogP contribution in [0, 0.1) is 0 Å². The van der Waals surface area contributed by atoms with Gasteiger partial charge in [0.05, 0.1) is 5.52 Å². The van der Waals surface area contributed by atoms with Gasteiger partial charge in [0.2, 0.25) is 11.8 Å². The van der Waals surface area contributed by atoms with Gasteiger partial charge in [0.15, 0.2) is 0 Å². The van der Waals surface area contributed by atoms with Gasteiger partial charge >= 0.3 is 0 Å². The highest BCUT2D eigenvalue weighted by atomic mass is 16.2. The van der Waals surface area contributed by atoms with Crippen molar-refractivity contribution in [1.82, 2.24) is 20.4 Å². The molecule has 2 heterocycles. The number of imide groups is 1. The third kappa shape index (κ3) is 2.37. The van der Waals surface area contributed by atoms with E-state index >= 15 is 0 Å². The van der Waals surface area contributed by atoms with Crippen molar-refractivity contribution in [3.8, 4) is 0 Å². The largest absolute Gasteiger partial charge is 0.339 e. The lowest BCUT2D eigenvalue weighted by atomic mass is 10.1. The summed E-state index contributed by atoms with van der Waals surface area (Å²) in [5, 5.41) is 9.86. The van der Waals surface area contributed by atoms with E-state index in [4.69, 9.17) is 0 Å². The summed E-state index contributed by atoms with van der Waals surface area (Å²) in [6.45, 7) is 0. The van der Waals surface area contributed by atoms with Gasteiger partial charge in [0.25, 0.3) is 5.91 Å². The number of amides is 3. The van der Waals surface area contributed by atoms with Gasteiger partial charge in [-0.05, 0) is 12.5 Å². The zero-order valence-electron chi connectivity index (χ0n) is 11.4. The molecule has 3 rings (SSSR count). The minimum atomic E-state index is -0.691. The number of carbonyl (C=O) groups excluding carboxylic acids is 3. The molecule has 1 aromatic heterocycles. The van der Waals surface area contributed by atoms with Crippen molar-refractivity contribution >= 4 is 28.6 Å². The molecule has 0 bridgehead atoms. The number of nitrogens with one attached hydrogen (secondary N) is 2. The Kier molecular flexibility index (Phi) is 3.17. The van der Waals surface area contributed by atoms with Crippen LogP contribution in [-0.4, -0.2) is 33.5 Å². The van der Waals surface area contributed by atoms with E-state index in [-0.39, 0.29) is 18.2 Å². The first-order chi connectivity index (χ1) is 10.1. The fraction of sp³-hybridized carbons (Fsp3) is 0.286. The minimum Gasteiger partial charge on any atom is -0.339 e. The number of nitrogens with zero attached hydrogens (tertiary/aromatic N) is 2. The average Bonchev–Trinajstić information content (AvgIpc) is 2.77. The Morgan fingerprint density at radius 1 is 1.38 bits per heavy atom. The molecule has 1 fully saturated rings. The topological polar surface area (TPSA) is 93.1 Å². The molecule has 0 aliphatic carbocycles. The van der Waals surface area contributed by atoms with Crippen molar-refractivity contribution < 1.29 is 14.4 Å². The third-order valence-electron chi connectivity index (χ3n) is 3.50. The molecule has 0 saturated carbocycles. The van der Waals surface area contributed by atoms with Crippen LogP contribution in [0.2, 0.25) is 0 Å². The fourth-order valence-electron chi connectivity index (χ4n) is 2.47. The monoisotopic (exact) mass is 286 g/mol. The molecule has 2 N–H and O–H groups in total. The predicted octanol–water partition coefficient (Wildman–Crippen LogP) is 0.108. The molecular formula is C14H14N4O3. The molecule has 1 aliphatic heterocycles. The third-order valence-corrected chi connectivity index (χ3v) is 3.50. The van der Waals surface area contributed by atoms with E-state index in [0.717, 1.165) is 5.39 Å². The number of hydrogen-bond donors (Lipinski definition) is 2. The Morgan fingerprint density at radius 2 is 2.14 bits per heavy atom. The van der Waals surface area contributed by atoms with E-state index in [1.165, 1.54) is 4.68 Å². The first-order valence-corrected chi connectivity index (χ1v) is 6.62. The van der Waals surface area contributed by atoms with Crippen LogP contribution < -0.4 is 10.6 Å². The van der Waals surface area contributed by atoms with Gasteiger partial charge in [-0.2, -0.15) is 5.10 Å². The minimum absolute atomic E-state index is 0.225. The molecule has 2 aromatic rings. The summed E-state index contributed by atoms with van der Waals surface area (Å²) in [6, 6.07) is 6.60. The van der Waals surface area contributed by atoms with Crippen molar-refractivity contribution in [1.29, 1.82) is 0 Å². The zero-order valence-corrected chi connectivity index (χ0v) is 11.4. The molecule has 21 heavy (non-hydrogen) atoms. The number of rotatable bonds is 2. The second-order valence-electron chi connectivity index (χ2n) is 4.97. The van der Waals surface area contributed by atoms with Gasteiger partial charge in [-0.25, -0.2) is 0 Å². The molecule has 1 unspecified atom stereocenters. The summed E-state index contributed by atoms with van der Waals surface area (Å²) >= 11 is 0. The summed E-state index contributed by atoms with van der Waals surface area (Å²) in [5.41, 5.74) is 1.11. The fourth-order valence-corrected chi connectivity index (χ4v) is 2.47. The number of piperidine rings is 1. The highest BCUT2D eigenvalue weighted by molar-refractivity contribution is 6.08. The van der Waals surface area contributed by atoms with Crippen LogP contribution in [0.15, 0.2) is 24.3 Å². The average molecular weight is 286 g/mol. The highest BCUT2D eigenvalue weighted by Gasteiger charge is 2.29. The van der Waals surface area contributed by atoms with E-state index in [9.17, 15) is 14.4 Å². The molecule has 1 atom stereocenters. The van der Waals surface area contributed by atoms with E-state index < -0.39 is 11.9 Å². The first-order valence-electron chi connectivity index (χ1n) is 6.62. The van der Waals surface area contributed by atoms with Crippen LogP contribution in [0.1, 0.15) is 23.3 Å². The van der Waals surface area contributed by atoms with E-state index in [2.05, 4.69) is 15.7 Å². The van der Waals surface area contributed by atoms with Crippen LogP contribution in [0.3, 0.4) is 0 Å². The Balaban J connectivity index is 1.86. The summed E-state index contributed by atoms with van der Waals surface area (Å²) in [4.78, 5) is 35.2. The number of aromatic nitrogens is 2. The van der Waals surface area contributed by atoms with Gasteiger partial charge in [-0.3, -0.25) is 24.4 Å². The smallest absolute Gasteiger partial charge is 0.270 e. The number of aryl methyl sites for hydroxylation is 1. The molecule has 1 aromatic carbocycles. The normalized spacial score (nSPS) is 18.6. The van der Waals surface area contributed by atoms with Gasteiger partial charge in [0.1, 0.15) is 11.7 Å². The predicted molar refractivity (Wildman–Crippen MR) is 74.4 cm³/mol. The van der Waals surface area contributed by atoms with Crippen LogP contribution in [0.4, 0.5) is 0 Å². The molecule has 1 aliphatic rings. The van der Waals surface area contributed by atoms with Gasteiger partial charge in [-0.1, -0.05) is 18.2 Å². The van der Waals surface area contributed by atoms with Crippen molar-refractivity contribution in [2.24, 2.45) is 7.05 Å². The molecule has 7 nitrogen and oxygen atoms in total. The van der Waals surface area contributed by atoms with Gasteiger partial charge in [0, 0.05) is 18.9 Å². The second kappa shape index (κ2) is 5.01. The molecule has 1 saturated heterocycles. The lowest BCUT2D eigenvalue weighted by molar-refractivity contribution is -0.134. The second-order valence-corrected chi connectivity index (χ2v) is 4.97. The quantitative estimate of drug-likeness (QED) is 0.766. The maximum absolute atomic E-state index is 12.4. The Hall–Kier alpha value is -2.70. The first kappa shape index (κ1) is 13.3. The SMILES string of the molecule is Cn1nc2ccccc2c1C(=O)NC1CCC(=O)NC1=O. The van der Waals surface area contributed by atoms with Gasteiger partial charge in [-0.15, -0.1) is 0 Å². The number of carbonyl (C=O) groups is 3. The molecule has 0 radical (unpaired) electrons. The number of benzene rings is 1. The van der Waals surface area contributed by atoms with Crippen LogP contribution in [0.25, 0.3) is 10.9 Å². The van der Waals surface area contributed by atoms with Crippen LogP contribution in [0.5, 0.6) is 0 Å². The lowest BCUT2D eigenvalue weighted by Crippen LogP contribution is -2.52. The number of fused-ring (bicyclic) bond motifs is 1. The lowest BCUT2D eigenvalue weighted by Gasteiger charge is -2.21. The summed E-state index contributed by atoms with van der Waals surface area (Å²) in [7, 11) is 1.68. The molecular weight excluding hydrogens is 272 g/mol. The van der Waals surface area contributed by atoms with Crippen LogP contribution in [-0.2, 0) is 16.6 Å². The Morgan fingerprint density at radius 3 is 2.90 bits per heavy atom. The molecule has 7 heteroatoms. The maximum Gasteiger partial charge on any atom is 0.270 e. The van der Waals surface area contributed by atoms with Gasteiger partial charge < -0.3 is 5.32 Å². The molecule has 3 amide bonds. The van der Waals surface area contributed by atoms with Crippen molar-refractivity contribution in [2.45, 2.75) is 18.9 Å². The standard InChI is InChI=1S/C14H14N4O3/c1-18-12(8-4-2-3-5-9(8)17-18)14(21)15-10-6-7-11(19)16-13(10)20/h2-5,10H,6-7H2,1H3,(H,15,21)(H,16,19,20).